The average molecular weight is 256 g/mol. The Morgan fingerprint density at radius 2 is 2.05 bits per heavy atom. The Morgan fingerprint density at radius 3 is 2.79 bits per heavy atom. The van der Waals surface area contributed by atoms with E-state index in [0.717, 1.165) is 19.7 Å². The second-order valence-electron chi connectivity index (χ2n) is 4.99. The number of rotatable bonds is 3. The largest absolute Gasteiger partial charge is 0.374 e. The molecule has 0 amide bonds. The van der Waals surface area contributed by atoms with Crippen LogP contribution >= 0.6 is 0 Å². The van der Waals surface area contributed by atoms with Gasteiger partial charge in [0.1, 0.15) is 0 Å². The molecule has 1 heterocycles. The molecule has 2 atom stereocenters. The van der Waals surface area contributed by atoms with E-state index in [1.54, 1.807) is 0 Å². The zero-order chi connectivity index (χ0) is 13.1. The number of likely N-dealkylation sites (N-methyl/N-ethyl adjacent to an activating group) is 1. The number of nitrogens with one attached hydrogen (secondary N) is 2. The molecule has 0 radical (unpaired) electrons. The summed E-state index contributed by atoms with van der Waals surface area (Å²) in [5.41, 5.74) is 1.29. The summed E-state index contributed by atoms with van der Waals surface area (Å²) in [5, 5.41) is 9.34. The fourth-order valence-corrected chi connectivity index (χ4v) is 2.77. The molecule has 19 heavy (non-hydrogen) atoms. The molecule has 1 saturated heterocycles. The quantitative estimate of drug-likeness (QED) is 0.882. The van der Waals surface area contributed by atoms with Crippen LogP contribution in [0.3, 0.4) is 0 Å². The summed E-state index contributed by atoms with van der Waals surface area (Å²) in [6.07, 6.45) is 0.194. The van der Waals surface area contributed by atoms with Gasteiger partial charge in [-0.05, 0) is 29.4 Å². The number of benzene rings is 2. The minimum atomic E-state index is 0.194. The zero-order valence-corrected chi connectivity index (χ0v) is 11.2. The minimum Gasteiger partial charge on any atom is -0.374 e. The van der Waals surface area contributed by atoms with Crippen molar-refractivity contribution in [2.24, 2.45) is 0 Å². The van der Waals surface area contributed by atoms with Crippen molar-refractivity contribution in [2.75, 3.05) is 26.7 Å². The molecule has 2 aromatic rings. The lowest BCUT2D eigenvalue weighted by molar-refractivity contribution is 0.00540. The number of fused-ring (bicyclic) bond motifs is 1. The van der Waals surface area contributed by atoms with E-state index in [-0.39, 0.29) is 12.1 Å². The van der Waals surface area contributed by atoms with Crippen LogP contribution in [0.5, 0.6) is 0 Å². The van der Waals surface area contributed by atoms with Gasteiger partial charge in [0.2, 0.25) is 0 Å². The standard InChI is InChI=1S/C16H20N2O/c1-17-16(15-11-18-8-9-19-15)14-7-6-12-4-2-3-5-13(12)10-14/h2-7,10,15-18H,8-9,11H2,1H3. The van der Waals surface area contributed by atoms with Crippen molar-refractivity contribution in [2.45, 2.75) is 12.1 Å². The molecule has 3 heteroatoms. The van der Waals surface area contributed by atoms with Crippen LogP contribution in [0, 0.1) is 0 Å². The van der Waals surface area contributed by atoms with Crippen molar-refractivity contribution < 1.29 is 4.74 Å². The second kappa shape index (κ2) is 5.70. The van der Waals surface area contributed by atoms with Crippen LogP contribution in [0.25, 0.3) is 10.8 Å². The van der Waals surface area contributed by atoms with Crippen LogP contribution in [0.1, 0.15) is 11.6 Å². The van der Waals surface area contributed by atoms with Gasteiger partial charge < -0.3 is 15.4 Å². The lowest BCUT2D eigenvalue weighted by Gasteiger charge is -2.31. The number of ether oxygens (including phenoxy) is 1. The smallest absolute Gasteiger partial charge is 0.0894 e. The Bertz CT molecular complexity index is 549. The van der Waals surface area contributed by atoms with Crippen molar-refractivity contribution in [1.29, 1.82) is 0 Å². The van der Waals surface area contributed by atoms with Crippen LogP contribution in [-0.4, -0.2) is 32.8 Å². The van der Waals surface area contributed by atoms with E-state index in [1.807, 2.05) is 7.05 Å². The predicted octanol–water partition coefficient (Wildman–Crippen LogP) is 2.09. The van der Waals surface area contributed by atoms with Gasteiger partial charge in [0.15, 0.2) is 0 Å². The van der Waals surface area contributed by atoms with E-state index >= 15 is 0 Å². The highest BCUT2D eigenvalue weighted by atomic mass is 16.5. The summed E-state index contributed by atoms with van der Waals surface area (Å²) in [5.74, 6) is 0. The Morgan fingerprint density at radius 1 is 1.21 bits per heavy atom. The summed E-state index contributed by atoms with van der Waals surface area (Å²) in [6, 6.07) is 15.3. The van der Waals surface area contributed by atoms with Gasteiger partial charge in [0.25, 0.3) is 0 Å². The van der Waals surface area contributed by atoms with Crippen LogP contribution in [0.4, 0.5) is 0 Å². The number of hydrogen-bond acceptors (Lipinski definition) is 3. The third kappa shape index (κ3) is 2.63. The Balaban J connectivity index is 1.91. The van der Waals surface area contributed by atoms with Crippen molar-refractivity contribution in [3.63, 3.8) is 0 Å². The summed E-state index contributed by atoms with van der Waals surface area (Å²) in [6.45, 7) is 2.64. The fraction of sp³-hybridized carbons (Fsp3) is 0.375. The van der Waals surface area contributed by atoms with Crippen LogP contribution in [-0.2, 0) is 4.74 Å². The van der Waals surface area contributed by atoms with Crippen molar-refractivity contribution in [3.8, 4) is 0 Å². The molecule has 0 saturated carbocycles. The number of hydrogen-bond donors (Lipinski definition) is 2. The molecule has 0 bridgehead atoms. The molecule has 0 aromatic heterocycles. The monoisotopic (exact) mass is 256 g/mol. The maximum atomic E-state index is 5.87. The van der Waals surface area contributed by atoms with Gasteiger partial charge in [0.05, 0.1) is 18.8 Å². The SMILES string of the molecule is CNC(c1ccc2ccccc2c1)C1CNCCO1. The highest BCUT2D eigenvalue weighted by Crippen LogP contribution is 2.24. The summed E-state index contributed by atoms with van der Waals surface area (Å²) in [4.78, 5) is 0. The maximum absolute atomic E-state index is 5.87. The Hall–Kier alpha value is -1.42. The highest BCUT2D eigenvalue weighted by molar-refractivity contribution is 5.83. The van der Waals surface area contributed by atoms with Crippen LogP contribution < -0.4 is 10.6 Å². The normalized spacial score (nSPS) is 21.4. The first kappa shape index (κ1) is 12.6. The van der Waals surface area contributed by atoms with Gasteiger partial charge in [-0.25, -0.2) is 0 Å². The molecule has 3 nitrogen and oxygen atoms in total. The molecule has 1 aliphatic rings. The minimum absolute atomic E-state index is 0.194. The molecule has 2 N–H and O–H groups in total. The predicted molar refractivity (Wildman–Crippen MR) is 78.4 cm³/mol. The summed E-state index contributed by atoms with van der Waals surface area (Å²) >= 11 is 0. The zero-order valence-electron chi connectivity index (χ0n) is 11.2. The molecular weight excluding hydrogens is 236 g/mol. The Kier molecular flexibility index (Phi) is 3.78. The van der Waals surface area contributed by atoms with E-state index in [1.165, 1.54) is 16.3 Å². The van der Waals surface area contributed by atoms with Gasteiger partial charge in [-0.3, -0.25) is 0 Å². The van der Waals surface area contributed by atoms with E-state index < -0.39 is 0 Å². The third-order valence-electron chi connectivity index (χ3n) is 3.77. The number of morpholine rings is 1. The van der Waals surface area contributed by atoms with Gasteiger partial charge >= 0.3 is 0 Å². The van der Waals surface area contributed by atoms with E-state index in [0.29, 0.717) is 0 Å². The first-order chi connectivity index (χ1) is 9.38. The van der Waals surface area contributed by atoms with E-state index in [4.69, 9.17) is 4.74 Å². The van der Waals surface area contributed by atoms with Crippen molar-refractivity contribution >= 4 is 10.8 Å². The molecule has 1 fully saturated rings. The molecule has 3 rings (SSSR count). The summed E-state index contributed by atoms with van der Waals surface area (Å²) in [7, 11) is 2.00. The molecule has 2 unspecified atom stereocenters. The highest BCUT2D eigenvalue weighted by Gasteiger charge is 2.24. The van der Waals surface area contributed by atoms with E-state index in [9.17, 15) is 0 Å². The van der Waals surface area contributed by atoms with E-state index in [2.05, 4.69) is 53.1 Å². The van der Waals surface area contributed by atoms with Crippen LogP contribution in [0.2, 0.25) is 0 Å². The lowest BCUT2D eigenvalue weighted by atomic mass is 9.97. The molecule has 100 valence electrons. The average Bonchev–Trinajstić information content (AvgIpc) is 2.49. The maximum Gasteiger partial charge on any atom is 0.0894 e. The first-order valence-electron chi connectivity index (χ1n) is 6.87. The molecular formula is C16H20N2O. The lowest BCUT2D eigenvalue weighted by Crippen LogP contribution is -2.45. The fourth-order valence-electron chi connectivity index (χ4n) is 2.77. The summed E-state index contributed by atoms with van der Waals surface area (Å²) < 4.78 is 5.87. The first-order valence-corrected chi connectivity index (χ1v) is 6.87. The van der Waals surface area contributed by atoms with Crippen LogP contribution in [0.15, 0.2) is 42.5 Å². The molecule has 0 spiro atoms. The van der Waals surface area contributed by atoms with Gasteiger partial charge in [-0.15, -0.1) is 0 Å². The third-order valence-corrected chi connectivity index (χ3v) is 3.77. The Labute approximate surface area is 114 Å². The molecule has 0 aliphatic carbocycles. The van der Waals surface area contributed by atoms with Crippen molar-refractivity contribution in [3.05, 3.63) is 48.0 Å². The van der Waals surface area contributed by atoms with Gasteiger partial charge in [-0.2, -0.15) is 0 Å². The van der Waals surface area contributed by atoms with Gasteiger partial charge in [-0.1, -0.05) is 36.4 Å². The second-order valence-corrected chi connectivity index (χ2v) is 4.99. The topological polar surface area (TPSA) is 33.3 Å². The molecule has 2 aromatic carbocycles. The molecule has 1 aliphatic heterocycles. The van der Waals surface area contributed by atoms with Crippen molar-refractivity contribution in [1.82, 2.24) is 10.6 Å². The van der Waals surface area contributed by atoms with Gasteiger partial charge in [0, 0.05) is 13.1 Å².